The van der Waals surface area contributed by atoms with Crippen molar-refractivity contribution in [3.63, 3.8) is 0 Å². The van der Waals surface area contributed by atoms with E-state index in [2.05, 4.69) is 9.88 Å². The van der Waals surface area contributed by atoms with Gasteiger partial charge in [-0.3, -0.25) is 4.79 Å². The molecule has 2 aliphatic heterocycles. The van der Waals surface area contributed by atoms with Gasteiger partial charge in [0, 0.05) is 24.9 Å². The number of hydrogen-bond donors (Lipinski definition) is 2. The standard InChI is InChI=1S/C16H26N4O3S/c17-15-18-13(9-24-15)3-4-14(21)20-7-8-23-12-16(22,11-20)10-19-5-1-2-6-19/h9,22H,1-8,10-12H2,(H2,17,18). The smallest absolute Gasteiger partial charge is 0.223 e. The lowest BCUT2D eigenvalue weighted by molar-refractivity contribution is -0.134. The normalized spacial score (nSPS) is 25.8. The number of aliphatic hydroxyl groups is 1. The van der Waals surface area contributed by atoms with Gasteiger partial charge in [0.25, 0.3) is 0 Å². The summed E-state index contributed by atoms with van der Waals surface area (Å²) in [5.41, 5.74) is 5.49. The highest BCUT2D eigenvalue weighted by Crippen LogP contribution is 2.19. The van der Waals surface area contributed by atoms with Crippen molar-refractivity contribution in [3.8, 4) is 0 Å². The minimum Gasteiger partial charge on any atom is -0.384 e. The van der Waals surface area contributed by atoms with E-state index in [-0.39, 0.29) is 12.5 Å². The second kappa shape index (κ2) is 7.77. The fourth-order valence-electron chi connectivity index (χ4n) is 3.41. The molecule has 3 heterocycles. The molecule has 0 saturated carbocycles. The van der Waals surface area contributed by atoms with Gasteiger partial charge >= 0.3 is 0 Å². The first-order valence-corrected chi connectivity index (χ1v) is 9.42. The zero-order valence-corrected chi connectivity index (χ0v) is 14.8. The highest BCUT2D eigenvalue weighted by Gasteiger charge is 2.36. The number of aromatic nitrogens is 1. The minimum atomic E-state index is -0.985. The predicted molar refractivity (Wildman–Crippen MR) is 92.9 cm³/mol. The van der Waals surface area contributed by atoms with Crippen LogP contribution in [0.3, 0.4) is 0 Å². The largest absolute Gasteiger partial charge is 0.384 e. The van der Waals surface area contributed by atoms with Crippen molar-refractivity contribution in [1.29, 1.82) is 0 Å². The Morgan fingerprint density at radius 1 is 1.42 bits per heavy atom. The molecule has 3 N–H and O–H groups in total. The monoisotopic (exact) mass is 354 g/mol. The summed E-state index contributed by atoms with van der Waals surface area (Å²) in [4.78, 5) is 20.7. The molecule has 1 aromatic heterocycles. The Morgan fingerprint density at radius 2 is 2.21 bits per heavy atom. The molecule has 8 heteroatoms. The van der Waals surface area contributed by atoms with Crippen LogP contribution in [0.4, 0.5) is 5.13 Å². The Kier molecular flexibility index (Phi) is 5.70. The van der Waals surface area contributed by atoms with Crippen LogP contribution in [0, 0.1) is 0 Å². The van der Waals surface area contributed by atoms with Crippen molar-refractivity contribution in [3.05, 3.63) is 11.1 Å². The van der Waals surface area contributed by atoms with E-state index in [0.29, 0.717) is 44.2 Å². The number of rotatable bonds is 5. The molecule has 1 atom stereocenters. The zero-order chi connectivity index (χ0) is 17.0. The number of aryl methyl sites for hydroxylation is 1. The number of likely N-dealkylation sites (tertiary alicyclic amines) is 1. The van der Waals surface area contributed by atoms with Crippen LogP contribution in [0.1, 0.15) is 25.0 Å². The second-order valence-corrected chi connectivity index (χ2v) is 7.64. The lowest BCUT2D eigenvalue weighted by Gasteiger charge is -2.34. The summed E-state index contributed by atoms with van der Waals surface area (Å²) in [6.07, 6.45) is 3.31. The van der Waals surface area contributed by atoms with Gasteiger partial charge in [0.2, 0.25) is 5.91 Å². The molecule has 24 heavy (non-hydrogen) atoms. The fourth-order valence-corrected chi connectivity index (χ4v) is 4.01. The summed E-state index contributed by atoms with van der Waals surface area (Å²) in [6.45, 7) is 4.22. The number of carbonyl (C=O) groups excluding carboxylic acids is 1. The summed E-state index contributed by atoms with van der Waals surface area (Å²) >= 11 is 1.39. The fraction of sp³-hybridized carbons (Fsp3) is 0.750. The van der Waals surface area contributed by atoms with Gasteiger partial charge in [0.15, 0.2) is 5.13 Å². The topological polar surface area (TPSA) is 91.9 Å². The Labute approximate surface area is 146 Å². The predicted octanol–water partition coefficient (Wildman–Crippen LogP) is 0.344. The van der Waals surface area contributed by atoms with Gasteiger partial charge in [-0.25, -0.2) is 4.98 Å². The third-order valence-electron chi connectivity index (χ3n) is 4.60. The summed E-state index contributed by atoms with van der Waals surface area (Å²) in [5.74, 6) is 0.0342. The molecule has 1 unspecified atom stereocenters. The van der Waals surface area contributed by atoms with Crippen LogP contribution in [-0.2, 0) is 16.0 Å². The van der Waals surface area contributed by atoms with Crippen LogP contribution in [-0.4, -0.2) is 77.3 Å². The van der Waals surface area contributed by atoms with Gasteiger partial charge < -0.3 is 25.4 Å². The van der Waals surface area contributed by atoms with Crippen molar-refractivity contribution in [2.24, 2.45) is 0 Å². The maximum Gasteiger partial charge on any atom is 0.223 e. The number of nitrogens with zero attached hydrogens (tertiary/aromatic N) is 3. The second-order valence-electron chi connectivity index (χ2n) is 6.75. The van der Waals surface area contributed by atoms with Crippen molar-refractivity contribution in [2.45, 2.75) is 31.3 Å². The van der Waals surface area contributed by atoms with Gasteiger partial charge in [-0.2, -0.15) is 0 Å². The lowest BCUT2D eigenvalue weighted by Crippen LogP contribution is -2.53. The highest BCUT2D eigenvalue weighted by molar-refractivity contribution is 7.13. The summed E-state index contributed by atoms with van der Waals surface area (Å²) in [7, 11) is 0. The average molecular weight is 354 g/mol. The molecule has 0 bridgehead atoms. The van der Waals surface area contributed by atoms with Crippen molar-refractivity contribution in [2.75, 3.05) is 51.7 Å². The van der Waals surface area contributed by atoms with Crippen molar-refractivity contribution >= 4 is 22.4 Å². The zero-order valence-electron chi connectivity index (χ0n) is 13.9. The molecule has 2 aliphatic rings. The number of ether oxygens (including phenoxy) is 1. The number of β-amino-alcohol motifs (C(OH)–C–C–N with tert-alkyl or cyclic N) is 1. The van der Waals surface area contributed by atoms with Gasteiger partial charge in [-0.05, 0) is 32.4 Å². The van der Waals surface area contributed by atoms with Crippen LogP contribution in [0.25, 0.3) is 0 Å². The Bertz CT molecular complexity index is 561. The number of nitrogen functional groups attached to an aromatic ring is 1. The van der Waals surface area contributed by atoms with E-state index in [9.17, 15) is 9.90 Å². The summed E-state index contributed by atoms with van der Waals surface area (Å²) < 4.78 is 5.57. The third-order valence-corrected chi connectivity index (χ3v) is 5.32. The van der Waals surface area contributed by atoms with Gasteiger partial charge in [-0.15, -0.1) is 11.3 Å². The van der Waals surface area contributed by atoms with Crippen LogP contribution in [0.2, 0.25) is 0 Å². The van der Waals surface area contributed by atoms with Crippen LogP contribution in [0.5, 0.6) is 0 Å². The third kappa shape index (κ3) is 4.66. The van der Waals surface area contributed by atoms with Gasteiger partial charge in [0.1, 0.15) is 5.60 Å². The Hall–Kier alpha value is -1.22. The van der Waals surface area contributed by atoms with E-state index in [1.165, 1.54) is 24.2 Å². The lowest BCUT2D eigenvalue weighted by atomic mass is 10.0. The number of thiazole rings is 1. The highest BCUT2D eigenvalue weighted by atomic mass is 32.1. The molecule has 2 saturated heterocycles. The molecular formula is C16H26N4O3S. The number of anilines is 1. The van der Waals surface area contributed by atoms with E-state index >= 15 is 0 Å². The van der Waals surface area contributed by atoms with E-state index in [0.717, 1.165) is 18.8 Å². The van der Waals surface area contributed by atoms with Crippen molar-refractivity contribution < 1.29 is 14.6 Å². The van der Waals surface area contributed by atoms with E-state index < -0.39 is 5.60 Å². The molecule has 3 rings (SSSR count). The summed E-state index contributed by atoms with van der Waals surface area (Å²) in [5, 5.41) is 13.3. The van der Waals surface area contributed by atoms with Gasteiger partial charge in [0.05, 0.1) is 25.5 Å². The molecule has 0 aliphatic carbocycles. The SMILES string of the molecule is Nc1nc(CCC(=O)N2CCOCC(O)(CN3CCCC3)C2)cs1. The molecule has 0 aromatic carbocycles. The molecule has 1 amide bonds. The average Bonchev–Trinajstić information content (AvgIpc) is 3.15. The van der Waals surface area contributed by atoms with E-state index in [1.807, 2.05) is 5.38 Å². The quantitative estimate of drug-likeness (QED) is 0.792. The maximum absolute atomic E-state index is 12.5. The first-order chi connectivity index (χ1) is 11.5. The van der Waals surface area contributed by atoms with Crippen LogP contribution < -0.4 is 5.73 Å². The van der Waals surface area contributed by atoms with Crippen LogP contribution >= 0.6 is 11.3 Å². The Morgan fingerprint density at radius 3 is 2.92 bits per heavy atom. The van der Waals surface area contributed by atoms with Crippen LogP contribution in [0.15, 0.2) is 5.38 Å². The first kappa shape index (κ1) is 17.6. The minimum absolute atomic E-state index is 0.0342. The summed E-state index contributed by atoms with van der Waals surface area (Å²) in [6, 6.07) is 0. The maximum atomic E-state index is 12.5. The first-order valence-electron chi connectivity index (χ1n) is 8.54. The molecule has 134 valence electrons. The number of nitrogens with two attached hydrogens (primary N) is 1. The van der Waals surface area contributed by atoms with Gasteiger partial charge in [-0.1, -0.05) is 0 Å². The molecule has 0 radical (unpaired) electrons. The molecule has 0 spiro atoms. The molecule has 2 fully saturated rings. The molecule has 7 nitrogen and oxygen atoms in total. The number of hydrogen-bond acceptors (Lipinski definition) is 7. The number of carbonyl (C=O) groups is 1. The number of amides is 1. The molecular weight excluding hydrogens is 328 g/mol. The van der Waals surface area contributed by atoms with E-state index in [4.69, 9.17) is 10.5 Å². The van der Waals surface area contributed by atoms with E-state index in [1.54, 1.807) is 4.90 Å². The van der Waals surface area contributed by atoms with Crippen molar-refractivity contribution in [1.82, 2.24) is 14.8 Å². The molecule has 1 aromatic rings. The Balaban J connectivity index is 1.55.